The zero-order chi connectivity index (χ0) is 14.0. The minimum absolute atomic E-state index is 0.213. The number of hydrogen-bond donors (Lipinski definition) is 1. The summed E-state index contributed by atoms with van der Waals surface area (Å²) in [6, 6.07) is 8.67. The van der Waals surface area contributed by atoms with Gasteiger partial charge in [0.2, 0.25) is 0 Å². The number of rotatable bonds is 3. The van der Waals surface area contributed by atoms with Gasteiger partial charge in [0.25, 0.3) is 10.0 Å². The first-order valence-electron chi connectivity index (χ1n) is 5.43. The Kier molecular flexibility index (Phi) is 3.53. The fraction of sp³-hybridized carbons (Fsp3) is 0.0769. The van der Waals surface area contributed by atoms with E-state index in [1.54, 1.807) is 6.92 Å². The van der Waals surface area contributed by atoms with Gasteiger partial charge in [-0.1, -0.05) is 12.1 Å². The quantitative estimate of drug-likeness (QED) is 0.941. The lowest BCUT2D eigenvalue weighted by molar-refractivity contribution is 0.570. The van der Waals surface area contributed by atoms with E-state index in [4.69, 9.17) is 0 Å². The van der Waals surface area contributed by atoms with Crippen molar-refractivity contribution in [2.45, 2.75) is 11.8 Å². The molecule has 0 aliphatic heterocycles. The van der Waals surface area contributed by atoms with Crippen LogP contribution in [0.1, 0.15) is 5.56 Å². The molecule has 0 heterocycles. The third-order valence-electron chi connectivity index (χ3n) is 2.56. The molecule has 0 aliphatic rings. The number of hydrogen-bond acceptors (Lipinski definition) is 2. The first-order chi connectivity index (χ1) is 8.90. The van der Waals surface area contributed by atoms with Crippen molar-refractivity contribution in [3.8, 4) is 0 Å². The van der Waals surface area contributed by atoms with Crippen LogP contribution in [0.4, 0.5) is 14.5 Å². The Labute approximate surface area is 109 Å². The van der Waals surface area contributed by atoms with Crippen molar-refractivity contribution in [3.05, 3.63) is 59.7 Å². The molecular formula is C13H11F2NO2S. The molecule has 100 valence electrons. The van der Waals surface area contributed by atoms with E-state index < -0.39 is 26.6 Å². The standard InChI is InChI=1S/C13H11F2NO2S/c1-9-8-10(14)6-7-12(9)16-19(17,18)13-5-3-2-4-11(13)15/h2-8,16H,1H3. The van der Waals surface area contributed by atoms with Crippen molar-refractivity contribution in [2.75, 3.05) is 4.72 Å². The molecule has 3 nitrogen and oxygen atoms in total. The number of nitrogens with one attached hydrogen (secondary N) is 1. The van der Waals surface area contributed by atoms with Crippen LogP contribution >= 0.6 is 0 Å². The Morgan fingerprint density at radius 3 is 2.37 bits per heavy atom. The zero-order valence-electron chi connectivity index (χ0n) is 10.0. The molecule has 0 radical (unpaired) electrons. The largest absolute Gasteiger partial charge is 0.279 e. The highest BCUT2D eigenvalue weighted by atomic mass is 32.2. The van der Waals surface area contributed by atoms with Gasteiger partial charge in [-0.05, 0) is 42.8 Å². The van der Waals surface area contributed by atoms with Crippen LogP contribution in [0, 0.1) is 18.6 Å². The van der Waals surface area contributed by atoms with Crippen molar-refractivity contribution < 1.29 is 17.2 Å². The first kappa shape index (κ1) is 13.5. The average Bonchev–Trinajstić information content (AvgIpc) is 2.33. The lowest BCUT2D eigenvalue weighted by Crippen LogP contribution is -2.15. The summed E-state index contributed by atoms with van der Waals surface area (Å²) in [6.07, 6.45) is 0. The van der Waals surface area contributed by atoms with Crippen LogP contribution in [0.3, 0.4) is 0 Å². The topological polar surface area (TPSA) is 46.2 Å². The summed E-state index contributed by atoms with van der Waals surface area (Å²) in [4.78, 5) is -0.446. The molecule has 0 aliphatic carbocycles. The number of aryl methyl sites for hydroxylation is 1. The average molecular weight is 283 g/mol. The minimum Gasteiger partial charge on any atom is -0.279 e. The maximum absolute atomic E-state index is 13.5. The highest BCUT2D eigenvalue weighted by Crippen LogP contribution is 2.21. The van der Waals surface area contributed by atoms with E-state index in [1.807, 2.05) is 0 Å². The SMILES string of the molecule is Cc1cc(F)ccc1NS(=O)(=O)c1ccccc1F. The van der Waals surface area contributed by atoms with Crippen molar-refractivity contribution in [1.29, 1.82) is 0 Å². The van der Waals surface area contributed by atoms with Gasteiger partial charge in [0.15, 0.2) is 0 Å². The molecule has 0 fully saturated rings. The van der Waals surface area contributed by atoms with Gasteiger partial charge in [-0.15, -0.1) is 0 Å². The van der Waals surface area contributed by atoms with Gasteiger partial charge in [0.1, 0.15) is 16.5 Å². The molecule has 0 unspecified atom stereocenters. The van der Waals surface area contributed by atoms with E-state index in [1.165, 1.54) is 24.3 Å². The van der Waals surface area contributed by atoms with E-state index >= 15 is 0 Å². The molecule has 0 saturated carbocycles. The minimum atomic E-state index is -4.03. The first-order valence-corrected chi connectivity index (χ1v) is 6.92. The molecule has 6 heteroatoms. The number of benzene rings is 2. The van der Waals surface area contributed by atoms with Crippen LogP contribution in [0.15, 0.2) is 47.4 Å². The molecule has 0 saturated heterocycles. The molecule has 0 atom stereocenters. The molecule has 0 spiro atoms. The van der Waals surface area contributed by atoms with Gasteiger partial charge in [-0.2, -0.15) is 0 Å². The molecule has 19 heavy (non-hydrogen) atoms. The Morgan fingerprint density at radius 2 is 1.74 bits per heavy atom. The van der Waals surface area contributed by atoms with Gasteiger partial charge in [0, 0.05) is 0 Å². The summed E-state index contributed by atoms with van der Waals surface area (Å²) in [7, 11) is -4.03. The molecule has 2 rings (SSSR count). The predicted octanol–water partition coefficient (Wildman–Crippen LogP) is 3.07. The molecule has 1 N–H and O–H groups in total. The van der Waals surface area contributed by atoms with Crippen LogP contribution in [0.2, 0.25) is 0 Å². The lowest BCUT2D eigenvalue weighted by atomic mass is 10.2. The summed E-state index contributed by atoms with van der Waals surface area (Å²) in [5.74, 6) is -1.30. The molecule has 0 amide bonds. The second-order valence-electron chi connectivity index (χ2n) is 4.00. The molecule has 2 aromatic rings. The van der Waals surface area contributed by atoms with Crippen molar-refractivity contribution in [3.63, 3.8) is 0 Å². The van der Waals surface area contributed by atoms with E-state index in [2.05, 4.69) is 4.72 Å². The maximum Gasteiger partial charge on any atom is 0.264 e. The summed E-state index contributed by atoms with van der Waals surface area (Å²) in [6.45, 7) is 1.56. The van der Waals surface area contributed by atoms with Gasteiger partial charge in [-0.3, -0.25) is 4.72 Å². The zero-order valence-corrected chi connectivity index (χ0v) is 10.8. The highest BCUT2D eigenvalue weighted by Gasteiger charge is 2.19. The number of sulfonamides is 1. The molecule has 0 bridgehead atoms. The van der Waals surface area contributed by atoms with Crippen molar-refractivity contribution in [2.24, 2.45) is 0 Å². The predicted molar refractivity (Wildman–Crippen MR) is 68.3 cm³/mol. The lowest BCUT2D eigenvalue weighted by Gasteiger charge is -2.11. The van der Waals surface area contributed by atoms with Gasteiger partial charge in [0.05, 0.1) is 5.69 Å². The maximum atomic E-state index is 13.5. The van der Waals surface area contributed by atoms with Gasteiger partial charge >= 0.3 is 0 Å². The Bertz CT molecular complexity index is 714. The normalized spacial score (nSPS) is 11.3. The van der Waals surface area contributed by atoms with Crippen LogP contribution in [0.5, 0.6) is 0 Å². The third-order valence-corrected chi connectivity index (χ3v) is 3.96. The van der Waals surface area contributed by atoms with E-state index in [9.17, 15) is 17.2 Å². The fourth-order valence-electron chi connectivity index (χ4n) is 1.60. The van der Waals surface area contributed by atoms with Crippen LogP contribution in [0.25, 0.3) is 0 Å². The smallest absolute Gasteiger partial charge is 0.264 e. The Hall–Kier alpha value is -1.95. The second-order valence-corrected chi connectivity index (χ2v) is 5.65. The summed E-state index contributed by atoms with van der Waals surface area (Å²) in [5.41, 5.74) is 0.629. The van der Waals surface area contributed by atoms with E-state index in [0.717, 1.165) is 18.2 Å². The fourth-order valence-corrected chi connectivity index (χ4v) is 2.81. The summed E-state index contributed by atoms with van der Waals surface area (Å²) >= 11 is 0. The monoisotopic (exact) mass is 283 g/mol. The summed E-state index contributed by atoms with van der Waals surface area (Å²) in [5, 5.41) is 0. The van der Waals surface area contributed by atoms with Crippen molar-refractivity contribution in [1.82, 2.24) is 0 Å². The number of anilines is 1. The second kappa shape index (κ2) is 4.97. The highest BCUT2D eigenvalue weighted by molar-refractivity contribution is 7.92. The van der Waals surface area contributed by atoms with Gasteiger partial charge < -0.3 is 0 Å². The van der Waals surface area contributed by atoms with E-state index in [-0.39, 0.29) is 5.69 Å². The number of halogens is 2. The van der Waals surface area contributed by atoms with Crippen LogP contribution in [-0.2, 0) is 10.0 Å². The third kappa shape index (κ3) is 2.90. The van der Waals surface area contributed by atoms with Crippen molar-refractivity contribution >= 4 is 15.7 Å². The summed E-state index contributed by atoms with van der Waals surface area (Å²) < 4.78 is 52.7. The molecule has 0 aromatic heterocycles. The van der Waals surface area contributed by atoms with Gasteiger partial charge in [-0.25, -0.2) is 17.2 Å². The van der Waals surface area contributed by atoms with Crippen LogP contribution < -0.4 is 4.72 Å². The van der Waals surface area contributed by atoms with Crippen LogP contribution in [-0.4, -0.2) is 8.42 Å². The molecular weight excluding hydrogens is 272 g/mol. The van der Waals surface area contributed by atoms with E-state index in [0.29, 0.717) is 5.56 Å². The molecule has 2 aromatic carbocycles. The Morgan fingerprint density at radius 1 is 1.05 bits per heavy atom. The Balaban J connectivity index is 2.40.